The maximum Gasteiger partial charge on any atom is 0.307 e. The Bertz CT molecular complexity index is 486. The summed E-state index contributed by atoms with van der Waals surface area (Å²) in [5.74, 6) is -1.73. The fourth-order valence-corrected chi connectivity index (χ4v) is 2.55. The summed E-state index contributed by atoms with van der Waals surface area (Å²) in [6.07, 6.45) is 4.43. The molecule has 0 aromatic carbocycles. The van der Waals surface area contributed by atoms with E-state index in [-0.39, 0.29) is 5.91 Å². The predicted molar refractivity (Wildman–Crippen MR) is 72.5 cm³/mol. The number of carbonyl (C=O) groups is 2. The molecule has 1 amide bonds. The van der Waals surface area contributed by atoms with Crippen molar-refractivity contribution in [2.24, 2.45) is 11.8 Å². The maximum absolute atomic E-state index is 12.2. The summed E-state index contributed by atoms with van der Waals surface area (Å²) in [5, 5.41) is 11.9. The topological polar surface area (TPSA) is 88.5 Å². The summed E-state index contributed by atoms with van der Waals surface area (Å²) in [6, 6.07) is 3.33. The minimum absolute atomic E-state index is 0.246. The van der Waals surface area contributed by atoms with E-state index in [1.165, 1.54) is 13.3 Å². The van der Waals surface area contributed by atoms with E-state index in [0.29, 0.717) is 24.4 Å². The number of carbonyl (C=O) groups excluding carboxylic acids is 1. The zero-order chi connectivity index (χ0) is 14.5. The molecule has 2 rings (SSSR count). The second-order valence-electron chi connectivity index (χ2n) is 4.91. The lowest BCUT2D eigenvalue weighted by atomic mass is 9.78. The summed E-state index contributed by atoms with van der Waals surface area (Å²) in [6.45, 7) is 0. The monoisotopic (exact) mass is 278 g/mol. The number of pyridine rings is 1. The van der Waals surface area contributed by atoms with Gasteiger partial charge in [-0.2, -0.15) is 0 Å². The van der Waals surface area contributed by atoms with Crippen LogP contribution in [0, 0.1) is 11.8 Å². The van der Waals surface area contributed by atoms with Crippen molar-refractivity contribution >= 4 is 17.6 Å². The molecule has 0 spiro atoms. The molecule has 0 bridgehead atoms. The third-order valence-electron chi connectivity index (χ3n) is 3.63. The first-order valence-corrected chi connectivity index (χ1v) is 6.65. The number of carboxylic acid groups (broad SMARTS) is 1. The third kappa shape index (κ3) is 3.26. The molecular formula is C14H18N2O4. The molecule has 1 fully saturated rings. The molecule has 1 aliphatic rings. The average molecular weight is 278 g/mol. The van der Waals surface area contributed by atoms with Crippen molar-refractivity contribution in [3.63, 3.8) is 0 Å². The lowest BCUT2D eigenvalue weighted by Crippen LogP contribution is -2.36. The fourth-order valence-electron chi connectivity index (χ4n) is 2.55. The Morgan fingerprint density at radius 2 is 2.00 bits per heavy atom. The molecule has 20 heavy (non-hydrogen) atoms. The van der Waals surface area contributed by atoms with Crippen molar-refractivity contribution in [3.05, 3.63) is 18.3 Å². The molecule has 1 aromatic rings. The van der Waals surface area contributed by atoms with E-state index in [1.807, 2.05) is 0 Å². The summed E-state index contributed by atoms with van der Waals surface area (Å²) in [7, 11) is 1.51. The van der Waals surface area contributed by atoms with E-state index in [2.05, 4.69) is 10.3 Å². The third-order valence-corrected chi connectivity index (χ3v) is 3.63. The van der Waals surface area contributed by atoms with E-state index in [0.717, 1.165) is 12.8 Å². The Morgan fingerprint density at radius 1 is 1.30 bits per heavy atom. The minimum atomic E-state index is -0.891. The summed E-state index contributed by atoms with van der Waals surface area (Å²) in [4.78, 5) is 27.4. The summed E-state index contributed by atoms with van der Waals surface area (Å²) < 4.78 is 4.94. The van der Waals surface area contributed by atoms with Crippen LogP contribution in [0.4, 0.5) is 5.69 Å². The number of methoxy groups -OCH3 is 1. The molecule has 6 heteroatoms. The predicted octanol–water partition coefficient (Wildman–Crippen LogP) is 1.92. The zero-order valence-electron chi connectivity index (χ0n) is 11.3. The van der Waals surface area contributed by atoms with Gasteiger partial charge in [-0.3, -0.25) is 9.59 Å². The molecule has 1 saturated carbocycles. The lowest BCUT2D eigenvalue weighted by Gasteiger charge is -2.27. The van der Waals surface area contributed by atoms with Crippen LogP contribution in [0.15, 0.2) is 18.3 Å². The van der Waals surface area contributed by atoms with E-state index in [4.69, 9.17) is 4.74 Å². The average Bonchev–Trinajstić information content (AvgIpc) is 2.48. The van der Waals surface area contributed by atoms with Crippen LogP contribution >= 0.6 is 0 Å². The highest BCUT2D eigenvalue weighted by Crippen LogP contribution is 2.31. The normalized spacial score (nSPS) is 22.1. The van der Waals surface area contributed by atoms with Crippen molar-refractivity contribution in [2.45, 2.75) is 25.7 Å². The van der Waals surface area contributed by atoms with Gasteiger partial charge in [0.25, 0.3) is 0 Å². The van der Waals surface area contributed by atoms with Gasteiger partial charge in [0.2, 0.25) is 11.8 Å². The largest absolute Gasteiger partial charge is 0.481 e. The number of amides is 1. The number of ether oxygens (including phenoxy) is 1. The Labute approximate surface area is 117 Å². The van der Waals surface area contributed by atoms with Crippen molar-refractivity contribution in [3.8, 4) is 5.88 Å². The number of nitrogens with one attached hydrogen (secondary N) is 1. The number of hydrogen-bond donors (Lipinski definition) is 2. The van der Waals surface area contributed by atoms with Crippen molar-refractivity contribution in [1.82, 2.24) is 4.98 Å². The van der Waals surface area contributed by atoms with Crippen LogP contribution in [0.1, 0.15) is 25.7 Å². The van der Waals surface area contributed by atoms with Gasteiger partial charge in [-0.25, -0.2) is 4.98 Å². The van der Waals surface area contributed by atoms with Gasteiger partial charge in [-0.05, 0) is 18.9 Å². The SMILES string of the molecule is COc1ccc(NC(=O)[C@@H]2CCCC[C@@H]2C(=O)O)cn1. The van der Waals surface area contributed by atoms with Crippen molar-refractivity contribution in [1.29, 1.82) is 0 Å². The molecule has 108 valence electrons. The highest BCUT2D eigenvalue weighted by molar-refractivity contribution is 5.95. The quantitative estimate of drug-likeness (QED) is 0.878. The lowest BCUT2D eigenvalue weighted by molar-refractivity contribution is -0.147. The van der Waals surface area contributed by atoms with Crippen LogP contribution in [0.2, 0.25) is 0 Å². The van der Waals surface area contributed by atoms with Crippen LogP contribution < -0.4 is 10.1 Å². The highest BCUT2D eigenvalue weighted by Gasteiger charge is 2.35. The first-order valence-electron chi connectivity index (χ1n) is 6.65. The number of aromatic nitrogens is 1. The van der Waals surface area contributed by atoms with Gasteiger partial charge in [-0.15, -0.1) is 0 Å². The van der Waals surface area contributed by atoms with E-state index in [1.54, 1.807) is 12.1 Å². The molecule has 6 nitrogen and oxygen atoms in total. The number of aliphatic carboxylic acids is 1. The molecule has 0 aliphatic heterocycles. The second-order valence-corrected chi connectivity index (χ2v) is 4.91. The number of anilines is 1. The molecule has 1 aliphatic carbocycles. The van der Waals surface area contributed by atoms with Gasteiger partial charge in [0.15, 0.2) is 0 Å². The standard InChI is InChI=1S/C14H18N2O4/c1-20-12-7-6-9(8-15-12)16-13(17)10-4-2-3-5-11(10)14(18)19/h6-8,10-11H,2-5H2,1H3,(H,16,17)(H,18,19)/t10-,11+/m1/s1. The van der Waals surface area contributed by atoms with Crippen LogP contribution in [-0.2, 0) is 9.59 Å². The van der Waals surface area contributed by atoms with Gasteiger partial charge in [0.1, 0.15) is 0 Å². The van der Waals surface area contributed by atoms with Gasteiger partial charge in [-0.1, -0.05) is 12.8 Å². The van der Waals surface area contributed by atoms with Gasteiger partial charge >= 0.3 is 5.97 Å². The number of rotatable bonds is 4. The Hall–Kier alpha value is -2.11. The zero-order valence-corrected chi connectivity index (χ0v) is 11.3. The van der Waals surface area contributed by atoms with Crippen molar-refractivity contribution < 1.29 is 19.4 Å². The molecule has 2 N–H and O–H groups in total. The maximum atomic E-state index is 12.2. The van der Waals surface area contributed by atoms with Gasteiger partial charge in [0, 0.05) is 6.07 Å². The molecule has 1 aromatic heterocycles. The van der Waals surface area contributed by atoms with Crippen LogP contribution in [-0.4, -0.2) is 29.1 Å². The fraction of sp³-hybridized carbons (Fsp3) is 0.500. The summed E-state index contributed by atoms with van der Waals surface area (Å²) in [5.41, 5.74) is 0.547. The Kier molecular flexibility index (Phi) is 4.55. The first-order chi connectivity index (χ1) is 9.61. The molecule has 2 atom stereocenters. The van der Waals surface area contributed by atoms with Crippen LogP contribution in [0.3, 0.4) is 0 Å². The molecular weight excluding hydrogens is 260 g/mol. The Morgan fingerprint density at radius 3 is 2.55 bits per heavy atom. The molecule has 0 saturated heterocycles. The number of carboxylic acids is 1. The Balaban J connectivity index is 2.03. The first kappa shape index (κ1) is 14.3. The number of nitrogens with zero attached hydrogens (tertiary/aromatic N) is 1. The minimum Gasteiger partial charge on any atom is -0.481 e. The van der Waals surface area contributed by atoms with Crippen LogP contribution in [0.25, 0.3) is 0 Å². The second kappa shape index (κ2) is 6.36. The molecule has 0 radical (unpaired) electrons. The van der Waals surface area contributed by atoms with Gasteiger partial charge < -0.3 is 15.2 Å². The summed E-state index contributed by atoms with van der Waals surface area (Å²) >= 11 is 0. The van der Waals surface area contributed by atoms with Crippen molar-refractivity contribution in [2.75, 3.05) is 12.4 Å². The molecule has 0 unspecified atom stereocenters. The molecule has 1 heterocycles. The van der Waals surface area contributed by atoms with Crippen LogP contribution in [0.5, 0.6) is 5.88 Å². The van der Waals surface area contributed by atoms with E-state index >= 15 is 0 Å². The van der Waals surface area contributed by atoms with Gasteiger partial charge in [0.05, 0.1) is 30.8 Å². The smallest absolute Gasteiger partial charge is 0.307 e. The van der Waals surface area contributed by atoms with E-state index < -0.39 is 17.8 Å². The number of hydrogen-bond acceptors (Lipinski definition) is 4. The highest BCUT2D eigenvalue weighted by atomic mass is 16.5. The van der Waals surface area contributed by atoms with E-state index in [9.17, 15) is 14.7 Å².